The Labute approximate surface area is 124 Å². The third-order valence-electron chi connectivity index (χ3n) is 3.12. The first kappa shape index (κ1) is 13.4. The monoisotopic (exact) mass is 276 g/mol. The van der Waals surface area contributed by atoms with E-state index in [2.05, 4.69) is 32.1 Å². The van der Waals surface area contributed by atoms with Crippen molar-refractivity contribution < 1.29 is 0 Å². The Morgan fingerprint density at radius 1 is 0.714 bits per heavy atom. The van der Waals surface area contributed by atoms with Gasteiger partial charge in [-0.05, 0) is 31.5 Å². The number of nitrogens with zero attached hydrogens (tertiary/aromatic N) is 4. The van der Waals surface area contributed by atoms with Gasteiger partial charge in [-0.1, -0.05) is 36.4 Å². The van der Waals surface area contributed by atoms with Gasteiger partial charge >= 0.3 is 0 Å². The van der Waals surface area contributed by atoms with Crippen LogP contribution >= 0.6 is 0 Å². The van der Waals surface area contributed by atoms with E-state index < -0.39 is 0 Å². The van der Waals surface area contributed by atoms with Gasteiger partial charge in [-0.3, -0.25) is 0 Å². The first-order valence-electron chi connectivity index (χ1n) is 6.90. The summed E-state index contributed by atoms with van der Waals surface area (Å²) in [5.41, 5.74) is 3.04. The fourth-order valence-corrected chi connectivity index (χ4v) is 2.24. The molecule has 4 heteroatoms. The van der Waals surface area contributed by atoms with Crippen molar-refractivity contribution >= 4 is 0 Å². The van der Waals surface area contributed by atoms with Gasteiger partial charge in [-0.2, -0.15) is 0 Å². The molecular formula is C17H16N4. The van der Waals surface area contributed by atoms with Crippen molar-refractivity contribution in [3.05, 3.63) is 71.4 Å². The number of aromatic nitrogens is 4. The molecule has 0 bridgehead atoms. The predicted octanol–water partition coefficient (Wildman–Crippen LogP) is 3.14. The quantitative estimate of drug-likeness (QED) is 0.737. The maximum absolute atomic E-state index is 4.67. The van der Waals surface area contributed by atoms with E-state index in [4.69, 9.17) is 0 Å². The minimum Gasteiger partial charge on any atom is -0.249 e. The average Bonchev–Trinajstić information content (AvgIpc) is 2.47. The molecule has 0 saturated heterocycles. The Kier molecular flexibility index (Phi) is 3.69. The molecule has 3 aromatic rings. The van der Waals surface area contributed by atoms with Gasteiger partial charge in [0, 0.05) is 12.1 Å². The molecule has 0 spiro atoms. The smallest absolute Gasteiger partial charge is 0.181 e. The molecular weight excluding hydrogens is 260 g/mol. The van der Waals surface area contributed by atoms with E-state index in [0.717, 1.165) is 17.8 Å². The van der Waals surface area contributed by atoms with E-state index in [1.54, 1.807) is 0 Å². The van der Waals surface area contributed by atoms with Crippen LogP contribution in [-0.4, -0.2) is 19.9 Å². The second-order valence-corrected chi connectivity index (χ2v) is 4.93. The zero-order valence-corrected chi connectivity index (χ0v) is 12.1. The van der Waals surface area contributed by atoms with Crippen molar-refractivity contribution in [2.75, 3.05) is 0 Å². The minimum atomic E-state index is 0.634. The maximum Gasteiger partial charge on any atom is 0.181 e. The SMILES string of the molecule is Cc1nc(C)nc(-c2cccc(Cc3ccccc3)n2)n1. The molecule has 0 atom stereocenters. The predicted molar refractivity (Wildman–Crippen MR) is 81.8 cm³/mol. The van der Waals surface area contributed by atoms with E-state index in [0.29, 0.717) is 17.5 Å². The van der Waals surface area contributed by atoms with Gasteiger partial charge in [0.2, 0.25) is 0 Å². The van der Waals surface area contributed by atoms with Crippen LogP contribution in [0.1, 0.15) is 22.9 Å². The van der Waals surface area contributed by atoms with E-state index in [1.165, 1.54) is 5.56 Å². The lowest BCUT2D eigenvalue weighted by atomic mass is 10.1. The molecule has 104 valence electrons. The zero-order valence-electron chi connectivity index (χ0n) is 12.1. The van der Waals surface area contributed by atoms with Crippen LogP contribution in [0.4, 0.5) is 0 Å². The third-order valence-corrected chi connectivity index (χ3v) is 3.12. The molecule has 2 heterocycles. The minimum absolute atomic E-state index is 0.634. The lowest BCUT2D eigenvalue weighted by Gasteiger charge is -2.05. The van der Waals surface area contributed by atoms with Gasteiger partial charge in [0.15, 0.2) is 5.82 Å². The van der Waals surface area contributed by atoms with Crippen LogP contribution in [0.5, 0.6) is 0 Å². The molecule has 4 nitrogen and oxygen atoms in total. The van der Waals surface area contributed by atoms with Crippen LogP contribution in [-0.2, 0) is 6.42 Å². The number of aryl methyl sites for hydroxylation is 2. The van der Waals surface area contributed by atoms with Crippen molar-refractivity contribution in [1.82, 2.24) is 19.9 Å². The largest absolute Gasteiger partial charge is 0.249 e. The van der Waals surface area contributed by atoms with Crippen molar-refractivity contribution in [2.45, 2.75) is 20.3 Å². The molecule has 2 aromatic heterocycles. The first-order valence-corrected chi connectivity index (χ1v) is 6.90. The van der Waals surface area contributed by atoms with Gasteiger partial charge in [-0.25, -0.2) is 19.9 Å². The Balaban J connectivity index is 1.93. The molecule has 3 rings (SSSR count). The highest BCUT2D eigenvalue weighted by molar-refractivity contribution is 5.49. The summed E-state index contributed by atoms with van der Waals surface area (Å²) < 4.78 is 0. The molecule has 0 N–H and O–H groups in total. The Bertz CT molecular complexity index is 733. The van der Waals surface area contributed by atoms with E-state index in [1.807, 2.05) is 50.2 Å². The van der Waals surface area contributed by atoms with Crippen LogP contribution < -0.4 is 0 Å². The standard InChI is InChI=1S/C17H16N4/c1-12-18-13(2)20-17(19-12)16-10-6-9-15(21-16)11-14-7-4-3-5-8-14/h3-10H,11H2,1-2H3. The van der Waals surface area contributed by atoms with Crippen LogP contribution in [0, 0.1) is 13.8 Å². The Morgan fingerprint density at radius 3 is 2.14 bits per heavy atom. The molecule has 0 unspecified atom stereocenters. The summed E-state index contributed by atoms with van der Waals surface area (Å²) in [5.74, 6) is 2.07. The maximum atomic E-state index is 4.67. The van der Waals surface area contributed by atoms with Crippen LogP contribution in [0.3, 0.4) is 0 Å². The van der Waals surface area contributed by atoms with E-state index in [9.17, 15) is 0 Å². The summed E-state index contributed by atoms with van der Waals surface area (Å²) in [6.07, 6.45) is 0.803. The molecule has 21 heavy (non-hydrogen) atoms. The van der Waals surface area contributed by atoms with Crippen molar-refractivity contribution in [3.8, 4) is 11.5 Å². The Hall–Kier alpha value is -2.62. The topological polar surface area (TPSA) is 51.6 Å². The van der Waals surface area contributed by atoms with Gasteiger partial charge in [-0.15, -0.1) is 0 Å². The summed E-state index contributed by atoms with van der Waals surface area (Å²) in [4.78, 5) is 17.6. The molecule has 0 aliphatic carbocycles. The molecule has 0 radical (unpaired) electrons. The molecule has 0 fully saturated rings. The number of pyridine rings is 1. The highest BCUT2D eigenvalue weighted by atomic mass is 15.0. The second-order valence-electron chi connectivity index (χ2n) is 4.93. The molecule has 0 saturated carbocycles. The number of hydrogen-bond acceptors (Lipinski definition) is 4. The fourth-order valence-electron chi connectivity index (χ4n) is 2.24. The van der Waals surface area contributed by atoms with Crippen LogP contribution in [0.15, 0.2) is 48.5 Å². The number of benzene rings is 1. The molecule has 0 aliphatic heterocycles. The summed E-state index contributed by atoms with van der Waals surface area (Å²) in [5, 5.41) is 0. The van der Waals surface area contributed by atoms with Crippen LogP contribution in [0.2, 0.25) is 0 Å². The Morgan fingerprint density at radius 2 is 1.43 bits per heavy atom. The van der Waals surface area contributed by atoms with Gasteiger partial charge < -0.3 is 0 Å². The summed E-state index contributed by atoms with van der Waals surface area (Å²) in [6, 6.07) is 16.3. The van der Waals surface area contributed by atoms with Gasteiger partial charge in [0.25, 0.3) is 0 Å². The van der Waals surface area contributed by atoms with E-state index in [-0.39, 0.29) is 0 Å². The first-order chi connectivity index (χ1) is 10.2. The lowest BCUT2D eigenvalue weighted by molar-refractivity contribution is 0.919. The highest BCUT2D eigenvalue weighted by Crippen LogP contribution is 2.14. The molecule has 0 amide bonds. The second kappa shape index (κ2) is 5.79. The third kappa shape index (κ3) is 3.28. The van der Waals surface area contributed by atoms with Crippen LogP contribution in [0.25, 0.3) is 11.5 Å². The number of rotatable bonds is 3. The normalized spacial score (nSPS) is 10.6. The number of hydrogen-bond donors (Lipinski definition) is 0. The highest BCUT2D eigenvalue weighted by Gasteiger charge is 2.07. The molecule has 1 aromatic carbocycles. The lowest BCUT2D eigenvalue weighted by Crippen LogP contribution is -2.01. The van der Waals surface area contributed by atoms with Crippen molar-refractivity contribution in [2.24, 2.45) is 0 Å². The average molecular weight is 276 g/mol. The summed E-state index contributed by atoms with van der Waals surface area (Å²) in [7, 11) is 0. The zero-order chi connectivity index (χ0) is 14.7. The summed E-state index contributed by atoms with van der Waals surface area (Å²) in [6.45, 7) is 3.73. The van der Waals surface area contributed by atoms with Gasteiger partial charge in [0.05, 0.1) is 0 Å². The van der Waals surface area contributed by atoms with Gasteiger partial charge in [0.1, 0.15) is 17.3 Å². The molecule has 0 aliphatic rings. The fraction of sp³-hybridized carbons (Fsp3) is 0.176. The van der Waals surface area contributed by atoms with Crippen molar-refractivity contribution in [1.29, 1.82) is 0 Å². The summed E-state index contributed by atoms with van der Waals surface area (Å²) >= 11 is 0. The van der Waals surface area contributed by atoms with Crippen molar-refractivity contribution in [3.63, 3.8) is 0 Å². The van der Waals surface area contributed by atoms with E-state index >= 15 is 0 Å².